The zero-order chi connectivity index (χ0) is 18.3. The molecule has 1 amide bonds. The summed E-state index contributed by atoms with van der Waals surface area (Å²) in [5, 5.41) is 18.2. The molecule has 0 saturated carbocycles. The van der Waals surface area contributed by atoms with Gasteiger partial charge < -0.3 is 25.6 Å². The Balaban J connectivity index is 0.000000351. The third-order valence-electron chi connectivity index (χ3n) is 3.38. The Morgan fingerprint density at radius 3 is 2.29 bits per heavy atom. The number of aliphatic hydroxyl groups excluding tert-OH is 1. The Labute approximate surface area is 136 Å². The van der Waals surface area contributed by atoms with Crippen LogP contribution < -0.4 is 10.8 Å². The van der Waals surface area contributed by atoms with Gasteiger partial charge in [-0.25, -0.2) is 0 Å². The number of amides is 1. The van der Waals surface area contributed by atoms with E-state index < -0.39 is 12.1 Å². The van der Waals surface area contributed by atoms with Gasteiger partial charge in [-0.3, -0.25) is 4.79 Å². The number of carboxylic acids is 1. The van der Waals surface area contributed by atoms with Gasteiger partial charge in [-0.15, -0.1) is 0 Å². The Kier molecular flexibility index (Phi) is 7.18. The van der Waals surface area contributed by atoms with Gasteiger partial charge in [0.15, 0.2) is 6.04 Å². The number of alkyl halides is 3. The number of rotatable bonds is 3. The molecule has 1 unspecified atom stereocenters. The number of aliphatic hydroxyl groups is 1. The average Bonchev–Trinajstić information content (AvgIpc) is 2.93. The summed E-state index contributed by atoms with van der Waals surface area (Å²) in [6.45, 7) is 1.11. The van der Waals surface area contributed by atoms with Crippen molar-refractivity contribution in [2.24, 2.45) is 0 Å². The number of carbonyl (C=O) groups excluding carboxylic acids is 2. The maximum absolute atomic E-state index is 12.0. The Bertz CT molecular complexity index is 551. The molecule has 1 aromatic rings. The molecule has 1 heterocycles. The van der Waals surface area contributed by atoms with Gasteiger partial charge in [0, 0.05) is 19.5 Å². The minimum atomic E-state index is -5.19. The van der Waals surface area contributed by atoms with Gasteiger partial charge in [-0.2, -0.15) is 13.2 Å². The molecule has 2 rings (SSSR count). The summed E-state index contributed by atoms with van der Waals surface area (Å²) in [5.74, 6) is -2.96. The molecule has 0 bridgehead atoms. The molecule has 1 aromatic carbocycles. The molecule has 0 spiro atoms. The van der Waals surface area contributed by atoms with E-state index in [1.165, 1.54) is 0 Å². The van der Waals surface area contributed by atoms with Crippen LogP contribution in [0.4, 0.5) is 13.2 Å². The molecule has 1 saturated heterocycles. The fourth-order valence-corrected chi connectivity index (χ4v) is 2.19. The Hall–Kier alpha value is -2.13. The molecule has 2 atom stereocenters. The highest BCUT2D eigenvalue weighted by molar-refractivity contribution is 5.81. The van der Waals surface area contributed by atoms with Gasteiger partial charge in [0.1, 0.15) is 5.97 Å². The fraction of sp³-hybridized carbons (Fsp3) is 0.467. The van der Waals surface area contributed by atoms with Crippen molar-refractivity contribution in [3.63, 3.8) is 0 Å². The topological polar surface area (TPSA) is 108 Å². The van der Waals surface area contributed by atoms with Gasteiger partial charge in [0.05, 0.1) is 6.10 Å². The van der Waals surface area contributed by atoms with Gasteiger partial charge in [0.25, 0.3) is 5.91 Å². The van der Waals surface area contributed by atoms with Crippen molar-refractivity contribution in [2.45, 2.75) is 31.2 Å². The molecule has 1 aliphatic heterocycles. The van der Waals surface area contributed by atoms with Crippen LogP contribution >= 0.6 is 0 Å². The van der Waals surface area contributed by atoms with Gasteiger partial charge >= 0.3 is 6.18 Å². The number of aliphatic carboxylic acids is 1. The van der Waals surface area contributed by atoms with Crippen molar-refractivity contribution >= 4 is 11.9 Å². The van der Waals surface area contributed by atoms with Crippen molar-refractivity contribution in [3.05, 3.63) is 35.9 Å². The van der Waals surface area contributed by atoms with Crippen LogP contribution in [0, 0.1) is 0 Å². The highest BCUT2D eigenvalue weighted by Gasteiger charge is 2.30. The predicted molar refractivity (Wildman–Crippen MR) is 75.1 cm³/mol. The highest BCUT2D eigenvalue weighted by Crippen LogP contribution is 2.12. The number of nitrogens with zero attached hydrogens (tertiary/aromatic N) is 1. The van der Waals surface area contributed by atoms with E-state index in [1.54, 1.807) is 4.90 Å². The number of hydrogen-bond acceptors (Lipinski definition) is 4. The number of benzene rings is 1. The first-order chi connectivity index (χ1) is 11.1. The first kappa shape index (κ1) is 19.9. The first-order valence-electron chi connectivity index (χ1n) is 7.23. The smallest absolute Gasteiger partial charge is 0.430 e. The van der Waals surface area contributed by atoms with Crippen molar-refractivity contribution in [2.75, 3.05) is 13.1 Å². The van der Waals surface area contributed by atoms with E-state index in [9.17, 15) is 23.1 Å². The third-order valence-corrected chi connectivity index (χ3v) is 3.38. The predicted octanol–water partition coefficient (Wildman–Crippen LogP) is -1.27. The lowest BCUT2D eigenvalue weighted by atomic mass is 10.1. The van der Waals surface area contributed by atoms with E-state index in [2.05, 4.69) is 5.73 Å². The Morgan fingerprint density at radius 2 is 1.88 bits per heavy atom. The largest absolute Gasteiger partial charge is 0.542 e. The molecule has 6 nitrogen and oxygen atoms in total. The van der Waals surface area contributed by atoms with Crippen LogP contribution in [0.1, 0.15) is 12.0 Å². The lowest BCUT2D eigenvalue weighted by Gasteiger charge is -2.18. The van der Waals surface area contributed by atoms with Crippen molar-refractivity contribution in [3.8, 4) is 0 Å². The molecule has 4 N–H and O–H groups in total. The van der Waals surface area contributed by atoms with Crippen LogP contribution in [0.2, 0.25) is 0 Å². The third kappa shape index (κ3) is 6.55. The number of halogens is 3. The number of β-amino-alcohol motifs (C(OH)–C–C–N with tert-alkyl or cyclic N) is 1. The lowest BCUT2D eigenvalue weighted by Crippen LogP contribution is -2.68. The van der Waals surface area contributed by atoms with E-state index in [0.717, 1.165) is 5.56 Å². The van der Waals surface area contributed by atoms with E-state index in [0.29, 0.717) is 25.9 Å². The number of carboxylic acid groups (broad SMARTS) is 1. The summed E-state index contributed by atoms with van der Waals surface area (Å²) in [7, 11) is 0. The highest BCUT2D eigenvalue weighted by atomic mass is 19.4. The molecular weight excluding hydrogens is 329 g/mol. The maximum Gasteiger partial charge on any atom is 0.430 e. The van der Waals surface area contributed by atoms with Crippen LogP contribution in [-0.2, 0) is 16.0 Å². The van der Waals surface area contributed by atoms with E-state index in [1.807, 2.05) is 30.3 Å². The van der Waals surface area contributed by atoms with E-state index in [-0.39, 0.29) is 18.1 Å². The second kappa shape index (κ2) is 8.65. The lowest BCUT2D eigenvalue weighted by molar-refractivity contribution is -0.405. The van der Waals surface area contributed by atoms with Crippen LogP contribution in [0.5, 0.6) is 0 Å². The molecule has 0 radical (unpaired) electrons. The zero-order valence-electron chi connectivity index (χ0n) is 12.8. The molecule has 134 valence electrons. The standard InChI is InChI=1S/C13H18N2O2.C2HF3O2/c14-12(8-10-4-2-1-3-5-10)13(17)15-7-6-11(16)9-15;3-2(4,5)1(6)7/h1-5,11-12,16H,6-9,14H2;(H,6,7)/t11?,12-;/m0./s1. The molecule has 0 aliphatic carbocycles. The van der Waals surface area contributed by atoms with E-state index in [4.69, 9.17) is 9.90 Å². The van der Waals surface area contributed by atoms with Crippen LogP contribution in [-0.4, -0.2) is 53.3 Å². The first-order valence-corrected chi connectivity index (χ1v) is 7.23. The average molecular weight is 348 g/mol. The number of carbonyl (C=O) groups is 2. The SMILES string of the molecule is O=C([O-])C(F)(F)F.[NH3+][C@@H](Cc1ccccc1)C(=O)N1CCC(O)C1. The van der Waals surface area contributed by atoms with E-state index >= 15 is 0 Å². The second-order valence-corrected chi connectivity index (χ2v) is 5.40. The van der Waals surface area contributed by atoms with Gasteiger partial charge in [0.2, 0.25) is 0 Å². The Morgan fingerprint density at radius 1 is 1.33 bits per heavy atom. The van der Waals surface area contributed by atoms with Crippen molar-refractivity contribution < 1.29 is 38.7 Å². The van der Waals surface area contributed by atoms with Crippen molar-refractivity contribution in [1.82, 2.24) is 4.90 Å². The number of likely N-dealkylation sites (tertiary alicyclic amines) is 1. The van der Waals surface area contributed by atoms with Gasteiger partial charge in [-0.05, 0) is 12.0 Å². The molecule has 9 heteroatoms. The molecular formula is C15H19F3N2O4. The zero-order valence-corrected chi connectivity index (χ0v) is 12.8. The monoisotopic (exact) mass is 348 g/mol. The summed E-state index contributed by atoms with van der Waals surface area (Å²) in [6.07, 6.45) is -4.21. The van der Waals surface area contributed by atoms with Crippen molar-refractivity contribution in [1.29, 1.82) is 0 Å². The minimum absolute atomic E-state index is 0.0467. The van der Waals surface area contributed by atoms with Crippen LogP contribution in [0.3, 0.4) is 0 Å². The molecule has 1 fully saturated rings. The van der Waals surface area contributed by atoms with Crippen LogP contribution in [0.15, 0.2) is 30.3 Å². The molecule has 24 heavy (non-hydrogen) atoms. The summed E-state index contributed by atoms with van der Waals surface area (Å²) in [5.41, 5.74) is 5.06. The summed E-state index contributed by atoms with van der Waals surface area (Å²) in [4.78, 5) is 22.5. The molecule has 0 aromatic heterocycles. The number of hydrogen-bond donors (Lipinski definition) is 2. The second-order valence-electron chi connectivity index (χ2n) is 5.40. The van der Waals surface area contributed by atoms with Crippen LogP contribution in [0.25, 0.3) is 0 Å². The minimum Gasteiger partial charge on any atom is -0.542 e. The van der Waals surface area contributed by atoms with Gasteiger partial charge in [-0.1, -0.05) is 30.3 Å². The quantitative estimate of drug-likeness (QED) is 0.710. The summed E-state index contributed by atoms with van der Waals surface area (Å²) < 4.78 is 31.5. The molecule has 1 aliphatic rings. The number of quaternary nitrogens is 1. The fourth-order valence-electron chi connectivity index (χ4n) is 2.19. The normalized spacial score (nSPS) is 18.5. The summed E-state index contributed by atoms with van der Waals surface area (Å²) >= 11 is 0. The maximum atomic E-state index is 12.0. The summed E-state index contributed by atoms with van der Waals surface area (Å²) in [6, 6.07) is 9.63.